The van der Waals surface area contributed by atoms with Crippen LogP contribution >= 0.6 is 0 Å². The van der Waals surface area contributed by atoms with Crippen molar-refractivity contribution < 1.29 is 34.4 Å². The number of rotatable bonds is 4. The fraction of sp³-hybridized carbons (Fsp3) is 0.0400. The minimum atomic E-state index is -0.603. The van der Waals surface area contributed by atoms with E-state index in [1.807, 2.05) is 6.07 Å². The number of nitrogens with one attached hydrogen (secondary N) is 1. The van der Waals surface area contributed by atoms with Gasteiger partial charge in [0.1, 0.15) is 11.6 Å². The van der Waals surface area contributed by atoms with Crippen molar-refractivity contribution in [1.82, 2.24) is 4.98 Å². The van der Waals surface area contributed by atoms with Crippen LogP contribution < -0.4 is 5.76 Å². The number of aromatic amines is 1. The molecule has 0 radical (unpaired) electrons. The molecule has 5 N–H and O–H groups in total. The van der Waals surface area contributed by atoms with Crippen molar-refractivity contribution in [3.8, 4) is 29.1 Å². The number of H-pyrrole nitrogens is 1. The Bertz CT molecular complexity index is 1570. The van der Waals surface area contributed by atoms with E-state index >= 15 is 0 Å². The van der Waals surface area contributed by atoms with Crippen LogP contribution in [0.5, 0.6) is 23.0 Å². The van der Waals surface area contributed by atoms with Gasteiger partial charge in [-0.15, -0.1) is 0 Å². The van der Waals surface area contributed by atoms with E-state index in [1.165, 1.54) is 43.3 Å². The molecule has 0 spiro atoms. The Kier molecular flexibility index (Phi) is 7.02. The number of hydrogen-bond donors (Lipinski definition) is 5. The number of phenols is 4. The van der Waals surface area contributed by atoms with Crippen LogP contribution in [-0.2, 0) is 0 Å². The Morgan fingerprint density at radius 1 is 0.886 bits per heavy atom. The van der Waals surface area contributed by atoms with Gasteiger partial charge >= 0.3 is 5.76 Å². The molecule has 1 aromatic heterocycles. The smallest absolute Gasteiger partial charge is 0.417 e. The van der Waals surface area contributed by atoms with E-state index in [4.69, 9.17) is 14.6 Å². The maximum absolute atomic E-state index is 12.4. The second kappa shape index (κ2) is 10.1. The van der Waals surface area contributed by atoms with Crippen LogP contribution in [0.25, 0.3) is 17.2 Å². The first kappa shape index (κ1) is 24.3. The fourth-order valence-electron chi connectivity index (χ4n) is 2.94. The van der Waals surface area contributed by atoms with E-state index in [-0.39, 0.29) is 34.2 Å². The minimum Gasteiger partial charge on any atom is -0.504 e. The van der Waals surface area contributed by atoms with E-state index in [0.717, 1.165) is 6.07 Å². The van der Waals surface area contributed by atoms with Gasteiger partial charge in [0.15, 0.2) is 34.4 Å². The molecular formula is C25H18N2O8. The number of oxazole rings is 1. The minimum absolute atomic E-state index is 0.0656. The van der Waals surface area contributed by atoms with E-state index in [2.05, 4.69) is 4.98 Å². The molecule has 35 heavy (non-hydrogen) atoms. The third-order valence-electron chi connectivity index (χ3n) is 4.74. The van der Waals surface area contributed by atoms with Crippen LogP contribution in [-0.4, -0.2) is 37.0 Å². The lowest BCUT2D eigenvalue weighted by molar-refractivity contribution is 0.101. The van der Waals surface area contributed by atoms with Crippen LogP contribution in [0.3, 0.4) is 0 Å². The molecular weight excluding hydrogens is 456 g/mol. The molecule has 0 fully saturated rings. The van der Waals surface area contributed by atoms with Gasteiger partial charge in [-0.05, 0) is 67.1 Å². The van der Waals surface area contributed by atoms with E-state index in [0.29, 0.717) is 22.2 Å². The third-order valence-corrected chi connectivity index (χ3v) is 4.74. The standard InChI is InChI=1S/C17H10N2O5.C8H8O3/c18-8-11(16(22)10-2-3-13(20)14(21)7-10)5-9-1-4-15-12(6-9)19-17(23)24-15;1-5(9)6-2-3-7(10)8(11)4-6/h1-7,20-21H,(H,19,23);2-4,10-11H,1H3/b11-5+;. The predicted octanol–water partition coefficient (Wildman–Crippen LogP) is 3.62. The molecule has 176 valence electrons. The molecule has 0 aliphatic carbocycles. The van der Waals surface area contributed by atoms with Crippen LogP contribution in [0.2, 0.25) is 0 Å². The van der Waals surface area contributed by atoms with E-state index < -0.39 is 17.3 Å². The van der Waals surface area contributed by atoms with E-state index in [1.54, 1.807) is 18.2 Å². The summed E-state index contributed by atoms with van der Waals surface area (Å²) in [5.41, 5.74) is 1.63. The third kappa shape index (κ3) is 5.74. The average molecular weight is 474 g/mol. The number of ketones is 2. The molecule has 0 saturated heterocycles. The van der Waals surface area contributed by atoms with Gasteiger partial charge in [0.05, 0.1) is 5.52 Å². The number of carbonyl (C=O) groups excluding carboxylic acids is 2. The first-order valence-corrected chi connectivity index (χ1v) is 9.93. The average Bonchev–Trinajstić information content (AvgIpc) is 3.20. The van der Waals surface area contributed by atoms with Gasteiger partial charge in [0, 0.05) is 11.1 Å². The van der Waals surface area contributed by atoms with E-state index in [9.17, 15) is 29.9 Å². The molecule has 10 nitrogen and oxygen atoms in total. The Morgan fingerprint density at radius 2 is 1.49 bits per heavy atom. The Balaban J connectivity index is 0.000000261. The molecule has 0 aliphatic rings. The summed E-state index contributed by atoms with van der Waals surface area (Å²) in [5, 5.41) is 45.8. The molecule has 0 amide bonds. The second-order valence-corrected chi connectivity index (χ2v) is 7.23. The lowest BCUT2D eigenvalue weighted by Crippen LogP contribution is -2.01. The van der Waals surface area contributed by atoms with Crippen LogP contribution in [0.15, 0.2) is 69.4 Å². The normalized spacial score (nSPS) is 10.8. The molecule has 0 atom stereocenters. The molecule has 0 saturated carbocycles. The summed E-state index contributed by atoms with van der Waals surface area (Å²) in [6.07, 6.45) is 1.36. The number of allylic oxidation sites excluding steroid dienone is 1. The van der Waals surface area contributed by atoms with Crippen molar-refractivity contribution in [2.45, 2.75) is 6.92 Å². The lowest BCUT2D eigenvalue weighted by Gasteiger charge is -2.02. The van der Waals surface area contributed by atoms with Crippen LogP contribution in [0, 0.1) is 11.3 Å². The summed E-state index contributed by atoms with van der Waals surface area (Å²) in [6.45, 7) is 1.39. The topological polar surface area (TPSA) is 185 Å². The summed E-state index contributed by atoms with van der Waals surface area (Å²) in [7, 11) is 0. The van der Waals surface area contributed by atoms with Crippen molar-refractivity contribution in [3.63, 3.8) is 0 Å². The Hall–Kier alpha value is -5.30. The van der Waals surface area contributed by atoms with Crippen LogP contribution in [0.1, 0.15) is 33.2 Å². The van der Waals surface area contributed by atoms with Gasteiger partial charge in [-0.3, -0.25) is 14.6 Å². The summed E-state index contributed by atoms with van der Waals surface area (Å²) >= 11 is 0. The highest BCUT2D eigenvalue weighted by Gasteiger charge is 2.14. The maximum Gasteiger partial charge on any atom is 0.417 e. The Morgan fingerprint density at radius 3 is 2.06 bits per heavy atom. The van der Waals surface area contributed by atoms with Gasteiger partial charge in [0.2, 0.25) is 5.78 Å². The van der Waals surface area contributed by atoms with Crippen molar-refractivity contribution in [1.29, 1.82) is 5.26 Å². The molecule has 0 unspecified atom stereocenters. The van der Waals surface area contributed by atoms with Crippen molar-refractivity contribution in [2.75, 3.05) is 0 Å². The summed E-state index contributed by atoms with van der Waals surface area (Å²) in [6, 6.07) is 14.0. The van der Waals surface area contributed by atoms with Crippen LogP contribution in [0.4, 0.5) is 0 Å². The number of benzene rings is 3. The highest BCUT2D eigenvalue weighted by atomic mass is 16.4. The molecule has 0 aliphatic heterocycles. The number of aromatic nitrogens is 1. The molecule has 4 aromatic rings. The first-order chi connectivity index (χ1) is 16.6. The van der Waals surface area contributed by atoms with Gasteiger partial charge in [-0.1, -0.05) is 6.07 Å². The van der Waals surface area contributed by atoms with Gasteiger partial charge in [-0.2, -0.15) is 5.26 Å². The zero-order chi connectivity index (χ0) is 25.7. The highest BCUT2D eigenvalue weighted by molar-refractivity contribution is 6.14. The number of carbonyl (C=O) groups is 2. The number of aromatic hydroxyl groups is 4. The van der Waals surface area contributed by atoms with Gasteiger partial charge in [-0.25, -0.2) is 4.79 Å². The number of phenolic OH excluding ortho intramolecular Hbond substituents is 4. The SMILES string of the molecule is CC(=O)c1ccc(O)c(O)c1.N#C/C(=C\c1ccc2oc(=O)[nH]c2c1)C(=O)c1ccc(O)c(O)c1. The highest BCUT2D eigenvalue weighted by Crippen LogP contribution is 2.27. The van der Waals surface area contributed by atoms with Crippen molar-refractivity contribution >= 4 is 28.7 Å². The molecule has 3 aromatic carbocycles. The second-order valence-electron chi connectivity index (χ2n) is 7.23. The number of Topliss-reactive ketones (excluding diaryl/α,β-unsaturated/α-hetero) is 2. The Labute approximate surface area is 197 Å². The first-order valence-electron chi connectivity index (χ1n) is 9.93. The van der Waals surface area contributed by atoms with Gasteiger partial charge < -0.3 is 24.8 Å². The molecule has 4 rings (SSSR count). The lowest BCUT2D eigenvalue weighted by atomic mass is 10.0. The summed E-state index contributed by atoms with van der Waals surface area (Å²) < 4.78 is 4.88. The monoisotopic (exact) mass is 474 g/mol. The van der Waals surface area contributed by atoms with Crippen molar-refractivity contribution in [3.05, 3.63) is 87.4 Å². The number of hydrogen-bond acceptors (Lipinski definition) is 9. The molecule has 0 bridgehead atoms. The number of fused-ring (bicyclic) bond motifs is 1. The number of nitrogens with zero attached hydrogens (tertiary/aromatic N) is 1. The number of nitriles is 1. The fourth-order valence-corrected chi connectivity index (χ4v) is 2.94. The zero-order valence-corrected chi connectivity index (χ0v) is 18.1. The largest absolute Gasteiger partial charge is 0.504 e. The zero-order valence-electron chi connectivity index (χ0n) is 18.1. The summed E-state index contributed by atoms with van der Waals surface area (Å²) in [4.78, 5) is 36.7. The van der Waals surface area contributed by atoms with Gasteiger partial charge in [0.25, 0.3) is 0 Å². The maximum atomic E-state index is 12.4. The molecule has 1 heterocycles. The summed E-state index contributed by atoms with van der Waals surface area (Å²) in [5.74, 6) is -2.62. The van der Waals surface area contributed by atoms with Crippen molar-refractivity contribution in [2.24, 2.45) is 0 Å². The quantitative estimate of drug-likeness (QED) is 0.127. The predicted molar refractivity (Wildman–Crippen MR) is 124 cm³/mol. The molecule has 10 heteroatoms.